The van der Waals surface area contributed by atoms with Crippen molar-refractivity contribution in [1.29, 1.82) is 0 Å². The van der Waals surface area contributed by atoms with Crippen LogP contribution in [0.3, 0.4) is 0 Å². The molecular formula is C22H17Cl2F3N2O3. The van der Waals surface area contributed by atoms with E-state index in [4.69, 9.17) is 27.9 Å². The Morgan fingerprint density at radius 1 is 1.22 bits per heavy atom. The van der Waals surface area contributed by atoms with Crippen LogP contribution in [0.2, 0.25) is 10.0 Å². The summed E-state index contributed by atoms with van der Waals surface area (Å²) in [5, 5.41) is 15.8. The van der Waals surface area contributed by atoms with Crippen molar-refractivity contribution >= 4 is 29.1 Å². The van der Waals surface area contributed by atoms with E-state index in [1.54, 1.807) is 36.4 Å². The maximum atomic E-state index is 13.3. The summed E-state index contributed by atoms with van der Waals surface area (Å²) in [7, 11) is 0. The van der Waals surface area contributed by atoms with Crippen LogP contribution in [-0.2, 0) is 4.79 Å². The predicted molar refractivity (Wildman–Crippen MR) is 114 cm³/mol. The molecule has 2 aliphatic heterocycles. The van der Waals surface area contributed by atoms with E-state index < -0.39 is 30.1 Å². The molecule has 3 N–H and O–H groups in total. The van der Waals surface area contributed by atoms with Gasteiger partial charge in [-0.15, -0.1) is 0 Å². The van der Waals surface area contributed by atoms with Crippen LogP contribution in [0.4, 0.5) is 13.2 Å². The standard InChI is InChI=1S/C22H17Cl2F3N2O3/c1-2-10-8-13(21(31)29-19(10)22(25,26)27)20(30)28-18-12-7-6-11(23)9-16(12)32-15-5-3-4-14(24)17(15)18/h3-9,18,21,29,31H,2H2,1H3,(H,28,30). The number of hydrogen-bond acceptors (Lipinski definition) is 4. The largest absolute Gasteiger partial charge is 0.456 e. The van der Waals surface area contributed by atoms with Crippen molar-refractivity contribution in [2.75, 3.05) is 0 Å². The van der Waals surface area contributed by atoms with Crippen LogP contribution < -0.4 is 15.4 Å². The number of amides is 1. The first-order valence-corrected chi connectivity index (χ1v) is 10.4. The molecule has 0 spiro atoms. The van der Waals surface area contributed by atoms with Gasteiger partial charge in [0.05, 0.1) is 11.6 Å². The Hall–Kier alpha value is -2.68. The van der Waals surface area contributed by atoms with Gasteiger partial charge in [-0.2, -0.15) is 13.2 Å². The van der Waals surface area contributed by atoms with Crippen molar-refractivity contribution in [3.8, 4) is 11.5 Å². The number of hydrogen-bond donors (Lipinski definition) is 3. The van der Waals surface area contributed by atoms with E-state index in [0.717, 1.165) is 6.08 Å². The number of carbonyl (C=O) groups is 1. The number of halogens is 5. The minimum atomic E-state index is -4.68. The zero-order valence-corrected chi connectivity index (χ0v) is 18.1. The van der Waals surface area contributed by atoms with Gasteiger partial charge in [-0.25, -0.2) is 0 Å². The summed E-state index contributed by atoms with van der Waals surface area (Å²) in [4.78, 5) is 13.1. The third kappa shape index (κ3) is 4.05. The van der Waals surface area contributed by atoms with E-state index in [1.807, 2.05) is 5.32 Å². The average Bonchev–Trinajstić information content (AvgIpc) is 2.72. The second-order valence-corrected chi connectivity index (χ2v) is 8.08. The van der Waals surface area contributed by atoms with Gasteiger partial charge < -0.3 is 20.5 Å². The summed E-state index contributed by atoms with van der Waals surface area (Å²) in [6.07, 6.45) is -5.44. The Kier molecular flexibility index (Phi) is 5.87. The fourth-order valence-electron chi connectivity index (χ4n) is 3.74. The molecule has 32 heavy (non-hydrogen) atoms. The van der Waals surface area contributed by atoms with Crippen LogP contribution in [0.5, 0.6) is 11.5 Å². The van der Waals surface area contributed by atoms with E-state index >= 15 is 0 Å². The number of nitrogens with one attached hydrogen (secondary N) is 2. The third-order valence-corrected chi connectivity index (χ3v) is 5.80. The van der Waals surface area contributed by atoms with Crippen LogP contribution in [0.15, 0.2) is 59.3 Å². The van der Waals surface area contributed by atoms with Crippen molar-refractivity contribution in [3.63, 3.8) is 0 Å². The summed E-state index contributed by atoms with van der Waals surface area (Å²) >= 11 is 12.5. The number of alkyl halides is 3. The van der Waals surface area contributed by atoms with Crippen molar-refractivity contribution in [3.05, 3.63) is 80.5 Å². The van der Waals surface area contributed by atoms with E-state index in [2.05, 4.69) is 5.32 Å². The highest BCUT2D eigenvalue weighted by Crippen LogP contribution is 2.46. The summed E-state index contributed by atoms with van der Waals surface area (Å²) < 4.78 is 45.7. The number of aliphatic hydroxyl groups excluding tert-OH is 1. The quantitative estimate of drug-likeness (QED) is 0.546. The van der Waals surface area contributed by atoms with Gasteiger partial charge in [0, 0.05) is 21.2 Å². The molecule has 168 valence electrons. The topological polar surface area (TPSA) is 70.6 Å². The summed E-state index contributed by atoms with van der Waals surface area (Å²) in [6, 6.07) is 9.08. The van der Waals surface area contributed by atoms with Gasteiger partial charge in [0.25, 0.3) is 5.91 Å². The number of fused-ring (bicyclic) bond motifs is 2. The summed E-state index contributed by atoms with van der Waals surface area (Å²) in [6.45, 7) is 1.53. The Bertz CT molecular complexity index is 1160. The minimum Gasteiger partial charge on any atom is -0.456 e. The van der Waals surface area contributed by atoms with Crippen molar-refractivity contribution in [2.24, 2.45) is 0 Å². The highest BCUT2D eigenvalue weighted by molar-refractivity contribution is 6.32. The molecule has 2 aromatic carbocycles. The lowest BCUT2D eigenvalue weighted by Gasteiger charge is -2.32. The second-order valence-electron chi connectivity index (χ2n) is 7.24. The molecule has 2 aliphatic rings. The molecule has 1 amide bonds. The minimum absolute atomic E-state index is 0.0125. The number of carbonyl (C=O) groups excluding carboxylic acids is 1. The van der Waals surface area contributed by atoms with E-state index in [1.165, 1.54) is 6.92 Å². The maximum Gasteiger partial charge on any atom is 0.431 e. The lowest BCUT2D eigenvalue weighted by Crippen LogP contribution is -2.44. The van der Waals surface area contributed by atoms with Crippen molar-refractivity contribution < 1.29 is 27.8 Å². The molecule has 2 atom stereocenters. The Morgan fingerprint density at radius 3 is 2.66 bits per heavy atom. The second kappa shape index (κ2) is 8.35. The lowest BCUT2D eigenvalue weighted by molar-refractivity contribution is -0.120. The Balaban J connectivity index is 1.74. The number of rotatable bonds is 3. The zero-order valence-electron chi connectivity index (χ0n) is 16.6. The molecule has 5 nitrogen and oxygen atoms in total. The van der Waals surface area contributed by atoms with Crippen LogP contribution >= 0.6 is 23.2 Å². The Morgan fingerprint density at radius 2 is 1.97 bits per heavy atom. The number of allylic oxidation sites excluding steroid dienone is 3. The van der Waals surface area contributed by atoms with E-state index in [9.17, 15) is 23.1 Å². The first kappa shape index (κ1) is 22.5. The van der Waals surface area contributed by atoms with Crippen LogP contribution in [0, 0.1) is 0 Å². The zero-order chi connectivity index (χ0) is 23.2. The average molecular weight is 485 g/mol. The third-order valence-electron chi connectivity index (χ3n) is 5.24. The van der Waals surface area contributed by atoms with Gasteiger partial charge in [0.2, 0.25) is 0 Å². The molecule has 0 aliphatic carbocycles. The van der Waals surface area contributed by atoms with Gasteiger partial charge in [0.1, 0.15) is 17.2 Å². The highest BCUT2D eigenvalue weighted by atomic mass is 35.5. The van der Waals surface area contributed by atoms with E-state index in [-0.39, 0.29) is 17.6 Å². The fraction of sp³-hybridized carbons (Fsp3) is 0.227. The molecule has 2 heterocycles. The van der Waals surface area contributed by atoms with Crippen LogP contribution in [-0.4, -0.2) is 23.4 Å². The van der Waals surface area contributed by atoms with Gasteiger partial charge in [-0.3, -0.25) is 4.79 Å². The molecule has 0 radical (unpaired) electrons. The molecule has 0 bridgehead atoms. The molecule has 2 aromatic rings. The van der Waals surface area contributed by atoms with Gasteiger partial charge >= 0.3 is 6.18 Å². The summed E-state index contributed by atoms with van der Waals surface area (Å²) in [5.41, 5.74) is -0.401. The smallest absolute Gasteiger partial charge is 0.431 e. The van der Waals surface area contributed by atoms with Crippen LogP contribution in [0.25, 0.3) is 0 Å². The maximum absolute atomic E-state index is 13.3. The molecule has 4 rings (SSSR count). The van der Waals surface area contributed by atoms with Crippen LogP contribution in [0.1, 0.15) is 30.5 Å². The predicted octanol–water partition coefficient (Wildman–Crippen LogP) is 5.38. The first-order valence-electron chi connectivity index (χ1n) is 9.63. The Labute approximate surface area is 191 Å². The lowest BCUT2D eigenvalue weighted by atomic mass is 9.93. The first-order chi connectivity index (χ1) is 15.1. The summed E-state index contributed by atoms with van der Waals surface area (Å²) in [5.74, 6) is 0.0561. The molecule has 0 fully saturated rings. The van der Waals surface area contributed by atoms with Gasteiger partial charge in [-0.1, -0.05) is 42.3 Å². The van der Waals surface area contributed by atoms with Crippen molar-refractivity contribution in [2.45, 2.75) is 31.8 Å². The number of dihydropyridines is 1. The number of aliphatic hydroxyl groups is 1. The molecule has 0 aromatic heterocycles. The fourth-order valence-corrected chi connectivity index (χ4v) is 4.18. The number of benzene rings is 2. The van der Waals surface area contributed by atoms with Crippen molar-refractivity contribution in [1.82, 2.24) is 10.6 Å². The molecule has 0 saturated carbocycles. The van der Waals surface area contributed by atoms with E-state index in [0.29, 0.717) is 32.7 Å². The molecule has 10 heteroatoms. The molecule has 2 unspecified atom stereocenters. The highest BCUT2D eigenvalue weighted by Gasteiger charge is 2.41. The SMILES string of the molecule is CCC1=C(C(F)(F)F)NC(O)C(C(=O)NC2c3ccc(Cl)cc3Oc3cccc(Cl)c32)=C1. The molecular weight excluding hydrogens is 468 g/mol. The molecule has 0 saturated heterocycles. The normalized spacial score (nSPS) is 19.9. The van der Waals surface area contributed by atoms with Gasteiger partial charge in [-0.05, 0) is 42.3 Å². The van der Waals surface area contributed by atoms with Gasteiger partial charge in [0.15, 0.2) is 6.23 Å². The monoisotopic (exact) mass is 484 g/mol. The number of ether oxygens (including phenoxy) is 1.